The molecule has 0 saturated carbocycles. The molecule has 12 heteroatoms. The highest BCUT2D eigenvalue weighted by molar-refractivity contribution is 6.34. The minimum absolute atomic E-state index is 0.142. The lowest BCUT2D eigenvalue weighted by Gasteiger charge is -2.33. The van der Waals surface area contributed by atoms with Crippen molar-refractivity contribution in [2.45, 2.75) is 45.6 Å². The lowest BCUT2D eigenvalue weighted by atomic mass is 9.98. The average molecular weight is 588 g/mol. The van der Waals surface area contributed by atoms with Gasteiger partial charge in [0.2, 0.25) is 5.95 Å². The van der Waals surface area contributed by atoms with Crippen LogP contribution < -0.4 is 15.6 Å². The maximum Gasteiger partial charge on any atom is 0.407 e. The summed E-state index contributed by atoms with van der Waals surface area (Å²) in [7, 11) is 0. The number of aromatic nitrogens is 5. The number of likely N-dealkylation sites (tertiary alicyclic amines) is 1. The van der Waals surface area contributed by atoms with Crippen molar-refractivity contribution < 1.29 is 14.6 Å². The van der Waals surface area contributed by atoms with Gasteiger partial charge in [0.1, 0.15) is 17.6 Å². The first-order valence-corrected chi connectivity index (χ1v) is 14.2. The Hall–Kier alpha value is -4.64. The Balaban J connectivity index is 1.43. The van der Waals surface area contributed by atoms with Crippen molar-refractivity contribution >= 4 is 51.4 Å². The van der Waals surface area contributed by atoms with Gasteiger partial charge in [-0.05, 0) is 50.8 Å². The number of carbonyl (C=O) groups is 1. The minimum atomic E-state index is -0.917. The molecule has 1 saturated heterocycles. The predicted molar refractivity (Wildman–Crippen MR) is 162 cm³/mol. The Bertz CT molecular complexity index is 1820. The van der Waals surface area contributed by atoms with E-state index in [-0.39, 0.29) is 18.2 Å². The highest BCUT2D eigenvalue weighted by atomic mass is 35.5. The van der Waals surface area contributed by atoms with E-state index in [2.05, 4.69) is 30.2 Å². The molecule has 0 radical (unpaired) electrons. The van der Waals surface area contributed by atoms with Gasteiger partial charge in [-0.25, -0.2) is 14.8 Å². The molecule has 0 bridgehead atoms. The molecule has 42 heavy (non-hydrogen) atoms. The number of H-pyrrole nitrogens is 2. The summed E-state index contributed by atoms with van der Waals surface area (Å²) >= 11 is 6.65. The predicted octanol–water partition coefficient (Wildman–Crippen LogP) is 6.18. The monoisotopic (exact) mass is 587 g/mol. The lowest BCUT2D eigenvalue weighted by molar-refractivity contribution is 0.0969. The largest absolute Gasteiger partial charge is 0.492 e. The van der Waals surface area contributed by atoms with Gasteiger partial charge in [-0.2, -0.15) is 4.98 Å². The average Bonchev–Trinajstić information content (AvgIpc) is 3.36. The van der Waals surface area contributed by atoms with Gasteiger partial charge in [0.15, 0.2) is 5.65 Å². The fourth-order valence-electron chi connectivity index (χ4n) is 5.71. The van der Waals surface area contributed by atoms with Gasteiger partial charge in [-0.1, -0.05) is 40.9 Å². The molecule has 1 aliphatic rings. The van der Waals surface area contributed by atoms with Crippen LogP contribution in [0.4, 0.5) is 16.4 Å². The van der Waals surface area contributed by atoms with Crippen molar-refractivity contribution in [2.75, 3.05) is 18.5 Å². The fourth-order valence-corrected chi connectivity index (χ4v) is 5.92. The van der Waals surface area contributed by atoms with Crippen molar-refractivity contribution in [3.8, 4) is 16.9 Å². The zero-order chi connectivity index (χ0) is 29.4. The topological polar surface area (TPSA) is 149 Å². The number of rotatable bonds is 7. The van der Waals surface area contributed by atoms with Crippen molar-refractivity contribution in [1.82, 2.24) is 29.8 Å². The normalized spacial score (nSPS) is 15.3. The molecular weight excluding hydrogens is 558 g/mol. The van der Waals surface area contributed by atoms with Gasteiger partial charge in [-0.15, -0.1) is 0 Å². The van der Waals surface area contributed by atoms with Crippen LogP contribution in [-0.2, 0) is 0 Å². The molecule has 3 aromatic heterocycles. The molecule has 6 rings (SSSR count). The third-order valence-electron chi connectivity index (χ3n) is 7.55. The van der Waals surface area contributed by atoms with E-state index in [1.807, 2.05) is 38.1 Å². The van der Waals surface area contributed by atoms with E-state index in [1.165, 1.54) is 11.2 Å². The lowest BCUT2D eigenvalue weighted by Crippen LogP contribution is -2.43. The Kier molecular flexibility index (Phi) is 7.42. The summed E-state index contributed by atoms with van der Waals surface area (Å²) in [5, 5.41) is 13.9. The van der Waals surface area contributed by atoms with Crippen LogP contribution in [0.2, 0.25) is 5.02 Å². The van der Waals surface area contributed by atoms with Crippen molar-refractivity contribution in [3.63, 3.8) is 0 Å². The molecule has 1 fully saturated rings. The summed E-state index contributed by atoms with van der Waals surface area (Å²) in [4.78, 5) is 45.6. The van der Waals surface area contributed by atoms with E-state index < -0.39 is 6.09 Å². The van der Waals surface area contributed by atoms with Crippen LogP contribution in [0.25, 0.3) is 33.2 Å². The number of aromatic amines is 2. The maximum absolute atomic E-state index is 13.6. The summed E-state index contributed by atoms with van der Waals surface area (Å²) in [6.07, 6.45) is 5.25. The molecule has 216 valence electrons. The van der Waals surface area contributed by atoms with Gasteiger partial charge < -0.3 is 30.0 Å². The van der Waals surface area contributed by atoms with Crippen LogP contribution in [-0.4, -0.2) is 60.2 Å². The summed E-state index contributed by atoms with van der Waals surface area (Å²) in [6, 6.07) is 9.30. The van der Waals surface area contributed by atoms with Gasteiger partial charge in [0, 0.05) is 24.4 Å². The number of hydrogen-bond donors (Lipinski definition) is 4. The van der Waals surface area contributed by atoms with E-state index in [0.717, 1.165) is 36.0 Å². The second-order valence-electron chi connectivity index (χ2n) is 10.6. The first-order chi connectivity index (χ1) is 20.3. The number of ether oxygens (including phenoxy) is 1. The molecule has 0 aliphatic carbocycles. The van der Waals surface area contributed by atoms with E-state index in [9.17, 15) is 14.7 Å². The molecule has 1 atom stereocenters. The molecule has 1 aliphatic heterocycles. The number of halogens is 1. The standard InChI is InChI=1S/C30H30ClN7O4/c1-16-9-17(2)11-18(10-16)25-26(42-8-6-19-5-3-4-7-38(19)30(40)41)20-12-23(21(31)13-22(20)34-28(25)39)35-29-36-24-14-32-15-33-27(24)37-29/h9-15,19H,3-8H2,1-2H3,(H,34,39)(H,40,41)(H2,32,33,35,36,37). The molecule has 0 spiro atoms. The number of fused-ring (bicyclic) bond motifs is 2. The second-order valence-corrected chi connectivity index (χ2v) is 11.1. The minimum Gasteiger partial charge on any atom is -0.492 e. The first kappa shape index (κ1) is 27.5. The van der Waals surface area contributed by atoms with E-state index in [0.29, 0.717) is 63.0 Å². The number of aryl methyl sites for hydroxylation is 2. The quantitative estimate of drug-likeness (QED) is 0.176. The Morgan fingerprint density at radius 2 is 1.95 bits per heavy atom. The maximum atomic E-state index is 13.6. The van der Waals surface area contributed by atoms with Crippen molar-refractivity contribution in [3.05, 3.63) is 69.4 Å². The van der Waals surface area contributed by atoms with E-state index in [4.69, 9.17) is 16.3 Å². The molecular formula is C30H30ClN7O4. The number of anilines is 2. The summed E-state index contributed by atoms with van der Waals surface area (Å²) in [6.45, 7) is 4.71. The van der Waals surface area contributed by atoms with E-state index in [1.54, 1.807) is 12.3 Å². The van der Waals surface area contributed by atoms with Crippen LogP contribution in [0.1, 0.15) is 36.8 Å². The van der Waals surface area contributed by atoms with Crippen molar-refractivity contribution in [2.24, 2.45) is 0 Å². The molecule has 2 aromatic carbocycles. The second kappa shape index (κ2) is 11.3. The molecule has 1 amide bonds. The Labute approximate surface area is 245 Å². The summed E-state index contributed by atoms with van der Waals surface area (Å²) < 4.78 is 6.44. The zero-order valence-corrected chi connectivity index (χ0v) is 24.0. The highest BCUT2D eigenvalue weighted by Gasteiger charge is 2.27. The smallest absolute Gasteiger partial charge is 0.407 e. The Morgan fingerprint density at radius 1 is 1.14 bits per heavy atom. The van der Waals surface area contributed by atoms with Gasteiger partial charge in [-0.3, -0.25) is 4.79 Å². The van der Waals surface area contributed by atoms with Crippen molar-refractivity contribution in [1.29, 1.82) is 0 Å². The summed E-state index contributed by atoms with van der Waals surface area (Å²) in [5.41, 5.74) is 5.09. The fraction of sp³-hybridized carbons (Fsp3) is 0.300. The number of nitrogens with one attached hydrogen (secondary N) is 3. The van der Waals surface area contributed by atoms with Gasteiger partial charge in [0.25, 0.3) is 5.56 Å². The SMILES string of the molecule is Cc1cc(C)cc(-c2c(OCCC3CCCCN3C(=O)O)c3cc(Nc4nc5ncncc5[nH]4)c(Cl)cc3[nH]c2=O)c1. The molecule has 4 N–H and O–H groups in total. The van der Waals surface area contributed by atoms with Crippen LogP contribution in [0.5, 0.6) is 5.75 Å². The number of hydrogen-bond acceptors (Lipinski definition) is 7. The first-order valence-electron chi connectivity index (χ1n) is 13.8. The number of pyridine rings is 1. The number of carboxylic acid groups (broad SMARTS) is 1. The van der Waals surface area contributed by atoms with Crippen LogP contribution in [0, 0.1) is 13.8 Å². The van der Waals surface area contributed by atoms with Crippen LogP contribution in [0.15, 0.2) is 47.7 Å². The van der Waals surface area contributed by atoms with Crippen LogP contribution >= 0.6 is 11.6 Å². The third-order valence-corrected chi connectivity index (χ3v) is 7.86. The van der Waals surface area contributed by atoms with Crippen LogP contribution in [0.3, 0.4) is 0 Å². The highest BCUT2D eigenvalue weighted by Crippen LogP contribution is 2.38. The third kappa shape index (κ3) is 5.47. The number of piperidine rings is 1. The molecule has 4 heterocycles. The zero-order valence-electron chi connectivity index (χ0n) is 23.2. The summed E-state index contributed by atoms with van der Waals surface area (Å²) in [5.74, 6) is 0.839. The molecule has 11 nitrogen and oxygen atoms in total. The van der Waals surface area contributed by atoms with Gasteiger partial charge >= 0.3 is 6.09 Å². The molecule has 5 aromatic rings. The number of nitrogens with zero attached hydrogens (tertiary/aromatic N) is 4. The number of amides is 1. The number of benzene rings is 2. The number of imidazole rings is 1. The molecule has 1 unspecified atom stereocenters. The Morgan fingerprint density at radius 3 is 2.71 bits per heavy atom. The van der Waals surface area contributed by atoms with Gasteiger partial charge in [0.05, 0.1) is 34.6 Å². The van der Waals surface area contributed by atoms with E-state index >= 15 is 0 Å².